The summed E-state index contributed by atoms with van der Waals surface area (Å²) >= 11 is 0. The van der Waals surface area contributed by atoms with E-state index in [0.717, 1.165) is 12.8 Å². The van der Waals surface area contributed by atoms with Gasteiger partial charge in [0, 0.05) is 11.6 Å². The van der Waals surface area contributed by atoms with Crippen molar-refractivity contribution in [1.82, 2.24) is 0 Å². The van der Waals surface area contributed by atoms with Gasteiger partial charge >= 0.3 is 0 Å². The standard InChI is InChI=1S/C14H19FO2/c1-10-5-7-14(16,8-6-10)12-4-3-11(17-2)9-13(12)15/h3-4,9-10,16H,5-8H2,1-2H3. The Hall–Kier alpha value is -1.09. The number of benzene rings is 1. The van der Waals surface area contributed by atoms with Crippen molar-refractivity contribution in [3.63, 3.8) is 0 Å². The van der Waals surface area contributed by atoms with E-state index in [2.05, 4.69) is 6.92 Å². The molecule has 1 aromatic carbocycles. The van der Waals surface area contributed by atoms with E-state index >= 15 is 0 Å². The van der Waals surface area contributed by atoms with Crippen LogP contribution in [0.25, 0.3) is 0 Å². The maximum atomic E-state index is 13.9. The zero-order valence-corrected chi connectivity index (χ0v) is 10.4. The van der Waals surface area contributed by atoms with Crippen molar-refractivity contribution in [3.05, 3.63) is 29.6 Å². The molecule has 94 valence electrons. The molecular weight excluding hydrogens is 219 g/mol. The third-order valence-electron chi connectivity index (χ3n) is 3.78. The van der Waals surface area contributed by atoms with Crippen LogP contribution in [-0.4, -0.2) is 12.2 Å². The zero-order valence-electron chi connectivity index (χ0n) is 10.4. The molecule has 0 bridgehead atoms. The third kappa shape index (κ3) is 2.44. The monoisotopic (exact) mass is 238 g/mol. The minimum absolute atomic E-state index is 0.374. The number of ether oxygens (including phenoxy) is 1. The molecule has 0 amide bonds. The molecule has 1 aromatic rings. The van der Waals surface area contributed by atoms with Crippen molar-refractivity contribution in [2.75, 3.05) is 7.11 Å². The van der Waals surface area contributed by atoms with Crippen LogP contribution in [-0.2, 0) is 5.60 Å². The summed E-state index contributed by atoms with van der Waals surface area (Å²) < 4.78 is 18.9. The van der Waals surface area contributed by atoms with E-state index in [-0.39, 0.29) is 5.82 Å². The van der Waals surface area contributed by atoms with Gasteiger partial charge in [-0.05, 0) is 43.7 Å². The zero-order chi connectivity index (χ0) is 12.5. The molecule has 2 rings (SSSR count). The van der Waals surface area contributed by atoms with Gasteiger partial charge in [-0.1, -0.05) is 6.92 Å². The van der Waals surface area contributed by atoms with E-state index in [1.54, 1.807) is 12.1 Å². The molecule has 0 saturated heterocycles. The lowest BCUT2D eigenvalue weighted by Crippen LogP contribution is -2.31. The summed E-state index contributed by atoms with van der Waals surface area (Å²) in [6.07, 6.45) is 3.17. The highest BCUT2D eigenvalue weighted by Crippen LogP contribution is 2.40. The second kappa shape index (κ2) is 4.65. The van der Waals surface area contributed by atoms with Gasteiger partial charge in [0.05, 0.1) is 12.7 Å². The number of hydrogen-bond acceptors (Lipinski definition) is 2. The lowest BCUT2D eigenvalue weighted by Gasteiger charge is -2.35. The molecular formula is C14H19FO2. The van der Waals surface area contributed by atoms with E-state index < -0.39 is 5.60 Å². The summed E-state index contributed by atoms with van der Waals surface area (Å²) in [6.45, 7) is 2.17. The van der Waals surface area contributed by atoms with Gasteiger partial charge in [0.15, 0.2) is 0 Å². The van der Waals surface area contributed by atoms with Gasteiger partial charge in [-0.2, -0.15) is 0 Å². The first kappa shape index (κ1) is 12.4. The molecule has 0 radical (unpaired) electrons. The van der Waals surface area contributed by atoms with Crippen LogP contribution in [0.4, 0.5) is 4.39 Å². The van der Waals surface area contributed by atoms with Crippen LogP contribution in [0.3, 0.4) is 0 Å². The Morgan fingerprint density at radius 1 is 1.35 bits per heavy atom. The van der Waals surface area contributed by atoms with Crippen LogP contribution >= 0.6 is 0 Å². The van der Waals surface area contributed by atoms with Crippen molar-refractivity contribution in [1.29, 1.82) is 0 Å². The second-order valence-corrected chi connectivity index (χ2v) is 5.06. The van der Waals surface area contributed by atoms with Crippen LogP contribution in [0, 0.1) is 11.7 Å². The normalized spacial score (nSPS) is 29.1. The van der Waals surface area contributed by atoms with Crippen molar-refractivity contribution in [2.45, 2.75) is 38.2 Å². The number of aliphatic hydroxyl groups is 1. The van der Waals surface area contributed by atoms with Gasteiger partial charge in [0.2, 0.25) is 0 Å². The summed E-state index contributed by atoms with van der Waals surface area (Å²) in [6, 6.07) is 4.68. The minimum Gasteiger partial charge on any atom is -0.497 e. The van der Waals surface area contributed by atoms with Gasteiger partial charge < -0.3 is 9.84 Å². The Balaban J connectivity index is 2.27. The van der Waals surface area contributed by atoms with E-state index in [4.69, 9.17) is 4.74 Å². The molecule has 17 heavy (non-hydrogen) atoms. The number of rotatable bonds is 2. The third-order valence-corrected chi connectivity index (χ3v) is 3.78. The van der Waals surface area contributed by atoms with Crippen LogP contribution < -0.4 is 4.74 Å². The number of methoxy groups -OCH3 is 1. The van der Waals surface area contributed by atoms with Crippen LogP contribution in [0.5, 0.6) is 5.75 Å². The number of halogens is 1. The molecule has 0 aliphatic heterocycles. The first-order valence-corrected chi connectivity index (χ1v) is 6.11. The van der Waals surface area contributed by atoms with Gasteiger partial charge in [0.25, 0.3) is 0 Å². The van der Waals surface area contributed by atoms with Gasteiger partial charge in [-0.15, -0.1) is 0 Å². The lowest BCUT2D eigenvalue weighted by atomic mass is 9.75. The minimum atomic E-state index is -0.997. The van der Waals surface area contributed by atoms with Crippen LogP contribution in [0.15, 0.2) is 18.2 Å². The fourth-order valence-electron chi connectivity index (χ4n) is 2.51. The summed E-state index contributed by atoms with van der Waals surface area (Å²) in [7, 11) is 1.51. The average molecular weight is 238 g/mol. The largest absolute Gasteiger partial charge is 0.497 e. The highest BCUT2D eigenvalue weighted by atomic mass is 19.1. The molecule has 3 heteroatoms. The molecule has 0 heterocycles. The highest BCUT2D eigenvalue weighted by molar-refractivity contribution is 5.32. The Kier molecular flexibility index (Phi) is 3.38. The van der Waals surface area contributed by atoms with Crippen LogP contribution in [0.2, 0.25) is 0 Å². The maximum Gasteiger partial charge on any atom is 0.132 e. The molecule has 1 aliphatic carbocycles. The van der Waals surface area contributed by atoms with Crippen molar-refractivity contribution < 1.29 is 14.2 Å². The molecule has 1 saturated carbocycles. The highest BCUT2D eigenvalue weighted by Gasteiger charge is 2.35. The average Bonchev–Trinajstić information content (AvgIpc) is 2.33. The fourth-order valence-corrected chi connectivity index (χ4v) is 2.51. The second-order valence-electron chi connectivity index (χ2n) is 5.06. The molecule has 1 fully saturated rings. The van der Waals surface area contributed by atoms with E-state index in [0.29, 0.717) is 30.1 Å². The van der Waals surface area contributed by atoms with Crippen LogP contribution in [0.1, 0.15) is 38.2 Å². The van der Waals surface area contributed by atoms with E-state index in [1.165, 1.54) is 13.2 Å². The smallest absolute Gasteiger partial charge is 0.132 e. The lowest BCUT2D eigenvalue weighted by molar-refractivity contribution is -0.0149. The molecule has 0 atom stereocenters. The van der Waals surface area contributed by atoms with Crippen molar-refractivity contribution in [3.8, 4) is 5.75 Å². The summed E-state index contributed by atoms with van der Waals surface area (Å²) in [5, 5.41) is 10.5. The molecule has 1 N–H and O–H groups in total. The first-order valence-electron chi connectivity index (χ1n) is 6.11. The quantitative estimate of drug-likeness (QED) is 0.857. The summed E-state index contributed by atoms with van der Waals surface area (Å²) in [4.78, 5) is 0. The van der Waals surface area contributed by atoms with Crippen molar-refractivity contribution >= 4 is 0 Å². The fraction of sp³-hybridized carbons (Fsp3) is 0.571. The molecule has 2 nitrogen and oxygen atoms in total. The first-order chi connectivity index (χ1) is 8.05. The summed E-state index contributed by atoms with van der Waals surface area (Å²) in [5.74, 6) is 0.733. The SMILES string of the molecule is COc1ccc(C2(O)CCC(C)CC2)c(F)c1. The topological polar surface area (TPSA) is 29.5 Å². The Morgan fingerprint density at radius 3 is 2.53 bits per heavy atom. The van der Waals surface area contributed by atoms with Gasteiger partial charge in [0.1, 0.15) is 11.6 Å². The Labute approximate surface area is 101 Å². The molecule has 1 aliphatic rings. The molecule has 0 aromatic heterocycles. The van der Waals surface area contributed by atoms with Gasteiger partial charge in [-0.25, -0.2) is 4.39 Å². The summed E-state index contributed by atoms with van der Waals surface area (Å²) in [5.41, 5.74) is -0.590. The van der Waals surface area contributed by atoms with E-state index in [1.807, 2.05) is 0 Å². The predicted molar refractivity (Wildman–Crippen MR) is 64.5 cm³/mol. The predicted octanol–water partition coefficient (Wildman–Crippen LogP) is 3.23. The van der Waals surface area contributed by atoms with E-state index in [9.17, 15) is 9.50 Å². The Bertz CT molecular complexity index is 395. The molecule has 0 unspecified atom stereocenters. The van der Waals surface area contributed by atoms with Crippen molar-refractivity contribution in [2.24, 2.45) is 5.92 Å². The molecule has 0 spiro atoms. The maximum absolute atomic E-state index is 13.9. The van der Waals surface area contributed by atoms with Gasteiger partial charge in [-0.3, -0.25) is 0 Å². The number of hydrogen-bond donors (Lipinski definition) is 1. The Morgan fingerprint density at radius 2 is 2.00 bits per heavy atom.